The average molecular weight is 275 g/mol. The van der Waals surface area contributed by atoms with Crippen LogP contribution in [0.5, 0.6) is 0 Å². The zero-order chi connectivity index (χ0) is 14.1. The molecule has 5 heteroatoms. The van der Waals surface area contributed by atoms with Gasteiger partial charge in [-0.3, -0.25) is 4.90 Å². The molecule has 3 atom stereocenters. The van der Waals surface area contributed by atoms with Crippen LogP contribution in [0.1, 0.15) is 24.0 Å². The van der Waals surface area contributed by atoms with Crippen LogP contribution >= 0.6 is 0 Å². The molecule has 108 valence electrons. The number of aliphatic hydroxyl groups is 1. The Bertz CT molecular complexity index is 518. The SMILES string of the molecule is N/C(=N/O)c1cccc(CN2CC3CCC(O)C3C2)c1. The van der Waals surface area contributed by atoms with Crippen molar-refractivity contribution in [1.29, 1.82) is 0 Å². The molecule has 0 spiro atoms. The van der Waals surface area contributed by atoms with Crippen molar-refractivity contribution in [2.45, 2.75) is 25.5 Å². The molecule has 4 N–H and O–H groups in total. The van der Waals surface area contributed by atoms with Crippen molar-refractivity contribution in [1.82, 2.24) is 4.90 Å². The summed E-state index contributed by atoms with van der Waals surface area (Å²) in [6.45, 7) is 2.89. The molecule has 1 aliphatic heterocycles. The second-order valence-corrected chi connectivity index (χ2v) is 5.95. The van der Waals surface area contributed by atoms with Gasteiger partial charge in [0.25, 0.3) is 0 Å². The number of rotatable bonds is 3. The fraction of sp³-hybridized carbons (Fsp3) is 0.533. The molecule has 0 amide bonds. The standard InChI is InChI=1S/C15H21N3O2/c16-15(17-20)11-3-1-2-10(6-11)7-18-8-12-4-5-14(19)13(12)9-18/h1-3,6,12-14,19-20H,4-5,7-9H2,(H2,16,17). The molecule has 0 aromatic heterocycles. The first kappa shape index (κ1) is 13.4. The highest BCUT2D eigenvalue weighted by Crippen LogP contribution is 2.38. The van der Waals surface area contributed by atoms with Crippen LogP contribution in [-0.2, 0) is 6.54 Å². The van der Waals surface area contributed by atoms with E-state index in [4.69, 9.17) is 10.9 Å². The summed E-state index contributed by atoms with van der Waals surface area (Å²) in [4.78, 5) is 2.39. The second-order valence-electron chi connectivity index (χ2n) is 5.95. The summed E-state index contributed by atoms with van der Waals surface area (Å²) in [6.07, 6.45) is 1.99. The predicted molar refractivity (Wildman–Crippen MR) is 76.5 cm³/mol. The molecule has 0 bridgehead atoms. The molecule has 1 aromatic rings. The van der Waals surface area contributed by atoms with Gasteiger partial charge < -0.3 is 16.0 Å². The van der Waals surface area contributed by atoms with Crippen molar-refractivity contribution in [2.75, 3.05) is 13.1 Å². The van der Waals surface area contributed by atoms with Gasteiger partial charge in [0.15, 0.2) is 5.84 Å². The van der Waals surface area contributed by atoms with Crippen LogP contribution in [0.25, 0.3) is 0 Å². The Kier molecular flexibility index (Phi) is 3.63. The monoisotopic (exact) mass is 275 g/mol. The average Bonchev–Trinajstić information content (AvgIpc) is 3.00. The van der Waals surface area contributed by atoms with E-state index in [1.54, 1.807) is 0 Å². The number of hydrogen-bond donors (Lipinski definition) is 3. The number of aliphatic hydroxyl groups excluding tert-OH is 1. The van der Waals surface area contributed by atoms with Crippen LogP contribution in [-0.4, -0.2) is 40.2 Å². The van der Waals surface area contributed by atoms with Crippen molar-refractivity contribution in [2.24, 2.45) is 22.7 Å². The van der Waals surface area contributed by atoms with Crippen LogP contribution in [0, 0.1) is 11.8 Å². The number of hydrogen-bond acceptors (Lipinski definition) is 4. The molecule has 1 aromatic carbocycles. The van der Waals surface area contributed by atoms with E-state index in [0.717, 1.165) is 43.6 Å². The lowest BCUT2D eigenvalue weighted by atomic mass is 10.00. The van der Waals surface area contributed by atoms with Crippen molar-refractivity contribution in [3.63, 3.8) is 0 Å². The van der Waals surface area contributed by atoms with Crippen molar-refractivity contribution >= 4 is 5.84 Å². The molecule has 5 nitrogen and oxygen atoms in total. The first-order valence-corrected chi connectivity index (χ1v) is 7.14. The second kappa shape index (κ2) is 5.42. The quantitative estimate of drug-likeness (QED) is 0.332. The lowest BCUT2D eigenvalue weighted by Gasteiger charge is -2.18. The van der Waals surface area contributed by atoms with Crippen molar-refractivity contribution in [3.05, 3.63) is 35.4 Å². The van der Waals surface area contributed by atoms with E-state index in [1.165, 1.54) is 0 Å². The number of likely N-dealkylation sites (tertiary alicyclic amines) is 1. The van der Waals surface area contributed by atoms with Crippen LogP contribution in [0.4, 0.5) is 0 Å². The van der Waals surface area contributed by atoms with Crippen LogP contribution in [0.3, 0.4) is 0 Å². The molecule has 1 heterocycles. The van der Waals surface area contributed by atoms with E-state index in [2.05, 4.69) is 16.1 Å². The number of amidine groups is 1. The zero-order valence-electron chi connectivity index (χ0n) is 11.4. The molecule has 1 saturated heterocycles. The van der Waals surface area contributed by atoms with Gasteiger partial charge in [-0.2, -0.15) is 0 Å². The van der Waals surface area contributed by atoms with Crippen LogP contribution in [0.15, 0.2) is 29.4 Å². The summed E-state index contributed by atoms with van der Waals surface area (Å²) in [5.74, 6) is 1.24. The minimum atomic E-state index is -0.117. The smallest absolute Gasteiger partial charge is 0.170 e. The Labute approximate surface area is 118 Å². The Morgan fingerprint density at radius 2 is 2.20 bits per heavy atom. The Balaban J connectivity index is 1.67. The third kappa shape index (κ3) is 2.51. The first-order valence-electron chi connectivity index (χ1n) is 7.14. The summed E-state index contributed by atoms with van der Waals surface area (Å²) < 4.78 is 0. The van der Waals surface area contributed by atoms with Crippen molar-refractivity contribution in [3.8, 4) is 0 Å². The maximum absolute atomic E-state index is 9.95. The fourth-order valence-electron chi connectivity index (χ4n) is 3.60. The van der Waals surface area contributed by atoms with Gasteiger partial charge in [0.05, 0.1) is 6.10 Å². The van der Waals surface area contributed by atoms with Gasteiger partial charge in [-0.05, 0) is 30.4 Å². The molecule has 1 saturated carbocycles. The summed E-state index contributed by atoms with van der Waals surface area (Å²) >= 11 is 0. The first-order chi connectivity index (χ1) is 9.67. The molecule has 20 heavy (non-hydrogen) atoms. The molecular formula is C15H21N3O2. The van der Waals surface area contributed by atoms with E-state index in [0.29, 0.717) is 11.8 Å². The summed E-state index contributed by atoms with van der Waals surface area (Å²) in [5.41, 5.74) is 7.51. The van der Waals surface area contributed by atoms with E-state index in [-0.39, 0.29) is 11.9 Å². The molecule has 3 rings (SSSR count). The Hall–Kier alpha value is -1.59. The van der Waals surface area contributed by atoms with Crippen molar-refractivity contribution < 1.29 is 10.3 Å². The molecular weight excluding hydrogens is 254 g/mol. The molecule has 0 radical (unpaired) electrons. The van der Waals surface area contributed by atoms with Gasteiger partial charge in [-0.15, -0.1) is 0 Å². The largest absolute Gasteiger partial charge is 0.409 e. The van der Waals surface area contributed by atoms with E-state index in [9.17, 15) is 5.11 Å². The Morgan fingerprint density at radius 1 is 1.35 bits per heavy atom. The topological polar surface area (TPSA) is 82.1 Å². The highest BCUT2D eigenvalue weighted by molar-refractivity contribution is 5.97. The molecule has 3 unspecified atom stereocenters. The van der Waals surface area contributed by atoms with E-state index >= 15 is 0 Å². The van der Waals surface area contributed by atoms with Crippen LogP contribution < -0.4 is 5.73 Å². The number of benzene rings is 1. The van der Waals surface area contributed by atoms with Crippen LogP contribution in [0.2, 0.25) is 0 Å². The number of nitrogens with two attached hydrogens (primary N) is 1. The van der Waals surface area contributed by atoms with Gasteiger partial charge >= 0.3 is 0 Å². The normalized spacial score (nSPS) is 30.6. The fourth-order valence-corrected chi connectivity index (χ4v) is 3.60. The summed E-state index contributed by atoms with van der Waals surface area (Å²) in [5, 5.41) is 21.7. The number of fused-ring (bicyclic) bond motifs is 1. The molecule has 2 aliphatic rings. The zero-order valence-corrected chi connectivity index (χ0v) is 11.4. The van der Waals surface area contributed by atoms with E-state index < -0.39 is 0 Å². The maximum atomic E-state index is 9.95. The minimum absolute atomic E-state index is 0.117. The lowest BCUT2D eigenvalue weighted by Crippen LogP contribution is -2.24. The maximum Gasteiger partial charge on any atom is 0.170 e. The predicted octanol–water partition coefficient (Wildman–Crippen LogP) is 0.984. The summed E-state index contributed by atoms with van der Waals surface area (Å²) in [6, 6.07) is 7.77. The third-order valence-electron chi connectivity index (χ3n) is 4.63. The Morgan fingerprint density at radius 3 is 2.95 bits per heavy atom. The number of oxime groups is 1. The minimum Gasteiger partial charge on any atom is -0.409 e. The van der Waals surface area contributed by atoms with Gasteiger partial charge in [-0.25, -0.2) is 0 Å². The summed E-state index contributed by atoms with van der Waals surface area (Å²) in [7, 11) is 0. The third-order valence-corrected chi connectivity index (χ3v) is 4.63. The molecule has 1 aliphatic carbocycles. The van der Waals surface area contributed by atoms with Gasteiger partial charge in [0, 0.05) is 31.1 Å². The highest BCUT2D eigenvalue weighted by Gasteiger charge is 2.41. The molecule has 2 fully saturated rings. The highest BCUT2D eigenvalue weighted by atomic mass is 16.4. The number of nitrogens with zero attached hydrogens (tertiary/aromatic N) is 2. The van der Waals surface area contributed by atoms with E-state index in [1.807, 2.05) is 18.2 Å². The van der Waals surface area contributed by atoms with Gasteiger partial charge in [-0.1, -0.05) is 23.4 Å². The van der Waals surface area contributed by atoms with Gasteiger partial charge in [0.1, 0.15) is 0 Å². The van der Waals surface area contributed by atoms with Gasteiger partial charge in [0.2, 0.25) is 0 Å². The lowest BCUT2D eigenvalue weighted by molar-refractivity contribution is 0.123.